The van der Waals surface area contributed by atoms with Gasteiger partial charge in [0.05, 0.1) is 24.3 Å². The van der Waals surface area contributed by atoms with Crippen molar-refractivity contribution in [3.05, 3.63) is 89.0 Å². The average Bonchev–Trinajstić information content (AvgIpc) is 3.72. The van der Waals surface area contributed by atoms with Crippen LogP contribution in [0.15, 0.2) is 71.4 Å². The zero-order valence-corrected chi connectivity index (χ0v) is 22.4. The molecule has 6 rings (SSSR count). The molecule has 0 aliphatic carbocycles. The summed E-state index contributed by atoms with van der Waals surface area (Å²) in [4.78, 5) is 19.9. The van der Waals surface area contributed by atoms with Gasteiger partial charge in [-0.05, 0) is 76.7 Å². The molecule has 9 nitrogen and oxygen atoms in total. The topological polar surface area (TPSA) is 98.7 Å². The van der Waals surface area contributed by atoms with Crippen LogP contribution in [0.5, 0.6) is 0 Å². The third-order valence-electron chi connectivity index (χ3n) is 7.83. The lowest BCUT2D eigenvalue weighted by Gasteiger charge is -2.36. The van der Waals surface area contributed by atoms with E-state index in [9.17, 15) is 4.79 Å². The number of ether oxygens (including phenoxy) is 1. The highest BCUT2D eigenvalue weighted by molar-refractivity contribution is 5.97. The van der Waals surface area contributed by atoms with Crippen LogP contribution < -0.4 is 4.90 Å². The monoisotopic (exact) mass is 536 g/mol. The third kappa shape index (κ3) is 5.83. The number of hydrogen-bond donors (Lipinski definition) is 0. The quantitative estimate of drug-likeness (QED) is 0.327. The first kappa shape index (κ1) is 26.0. The maximum absolute atomic E-state index is 13.2. The molecule has 2 aliphatic heterocycles. The SMILES string of the molecule is N#Cc1ccc(CO[C@@H](CN2CCN(C(=O)c3ccc4nonc4c3)CC2)c2cccc(N3CCCC3)c2)cc1. The molecule has 204 valence electrons. The molecule has 0 bridgehead atoms. The first-order valence-corrected chi connectivity index (χ1v) is 13.9. The Bertz CT molecular complexity index is 1500. The molecule has 0 unspecified atom stereocenters. The molecule has 1 aromatic heterocycles. The van der Waals surface area contributed by atoms with E-state index < -0.39 is 0 Å². The highest BCUT2D eigenvalue weighted by Gasteiger charge is 2.26. The first-order valence-electron chi connectivity index (χ1n) is 13.9. The predicted molar refractivity (Wildman–Crippen MR) is 151 cm³/mol. The third-order valence-corrected chi connectivity index (χ3v) is 7.83. The largest absolute Gasteiger partial charge is 0.372 e. The van der Waals surface area contributed by atoms with Crippen molar-refractivity contribution >= 4 is 22.6 Å². The van der Waals surface area contributed by atoms with Crippen LogP contribution in [0, 0.1) is 11.3 Å². The molecule has 3 heterocycles. The zero-order chi connectivity index (χ0) is 27.3. The van der Waals surface area contributed by atoms with Gasteiger partial charge >= 0.3 is 0 Å². The Kier molecular flexibility index (Phi) is 7.71. The van der Waals surface area contributed by atoms with Crippen molar-refractivity contribution in [1.82, 2.24) is 20.1 Å². The fourth-order valence-corrected chi connectivity index (χ4v) is 5.49. The van der Waals surface area contributed by atoms with Crippen LogP contribution >= 0.6 is 0 Å². The summed E-state index contributed by atoms with van der Waals surface area (Å²) >= 11 is 0. The van der Waals surface area contributed by atoms with Crippen LogP contribution in [0.3, 0.4) is 0 Å². The lowest BCUT2D eigenvalue weighted by molar-refractivity contribution is 0.00344. The first-order chi connectivity index (χ1) is 19.7. The number of piperazine rings is 1. The molecule has 1 atom stereocenters. The molecule has 4 aromatic rings. The van der Waals surface area contributed by atoms with Crippen molar-refractivity contribution in [3.8, 4) is 6.07 Å². The highest BCUT2D eigenvalue weighted by Crippen LogP contribution is 2.28. The van der Waals surface area contributed by atoms with E-state index in [1.54, 1.807) is 18.2 Å². The number of fused-ring (bicyclic) bond motifs is 1. The Morgan fingerprint density at radius 2 is 1.70 bits per heavy atom. The van der Waals surface area contributed by atoms with Crippen LogP contribution in [-0.4, -0.2) is 71.8 Å². The number of rotatable bonds is 8. The summed E-state index contributed by atoms with van der Waals surface area (Å²) in [5.74, 6) is -0.00326. The molecule has 0 spiro atoms. The maximum Gasteiger partial charge on any atom is 0.254 e. The Morgan fingerprint density at radius 1 is 0.925 bits per heavy atom. The second-order valence-corrected chi connectivity index (χ2v) is 10.5. The molecular formula is C31H32N6O3. The molecular weight excluding hydrogens is 504 g/mol. The Morgan fingerprint density at radius 3 is 2.48 bits per heavy atom. The van der Waals surface area contributed by atoms with Crippen molar-refractivity contribution in [2.45, 2.75) is 25.6 Å². The van der Waals surface area contributed by atoms with Crippen molar-refractivity contribution in [2.24, 2.45) is 0 Å². The van der Waals surface area contributed by atoms with Crippen molar-refractivity contribution in [3.63, 3.8) is 0 Å². The van der Waals surface area contributed by atoms with Gasteiger partial charge < -0.3 is 14.5 Å². The summed E-state index contributed by atoms with van der Waals surface area (Å²) < 4.78 is 11.3. The standard InChI is InChI=1S/C31H32N6O3/c32-20-23-6-8-24(9-7-23)22-39-30(25-4-3-5-27(18-25)36-12-1-2-13-36)21-35-14-16-37(17-15-35)31(38)26-10-11-28-29(19-26)34-40-33-28/h3-11,18-19,30H,1-2,12-17,21-22H2/t30-/m0/s1. The fraction of sp³-hybridized carbons (Fsp3) is 0.355. The van der Waals surface area contributed by atoms with Crippen LogP contribution in [-0.2, 0) is 11.3 Å². The van der Waals surface area contributed by atoms with Gasteiger partial charge in [-0.1, -0.05) is 24.3 Å². The summed E-state index contributed by atoms with van der Waals surface area (Å²) in [6.07, 6.45) is 2.34. The summed E-state index contributed by atoms with van der Waals surface area (Å²) in [5, 5.41) is 16.8. The van der Waals surface area contributed by atoms with Crippen LogP contribution in [0.25, 0.3) is 11.0 Å². The van der Waals surface area contributed by atoms with Gasteiger partial charge in [-0.3, -0.25) is 9.69 Å². The molecule has 0 saturated carbocycles. The minimum atomic E-state index is -0.123. The van der Waals surface area contributed by atoms with Gasteiger partial charge in [-0.2, -0.15) is 5.26 Å². The van der Waals surface area contributed by atoms with Crippen molar-refractivity contribution in [1.29, 1.82) is 5.26 Å². The lowest BCUT2D eigenvalue weighted by atomic mass is 10.1. The molecule has 2 saturated heterocycles. The molecule has 40 heavy (non-hydrogen) atoms. The number of aromatic nitrogens is 2. The number of carbonyl (C=O) groups is 1. The number of nitrogens with zero attached hydrogens (tertiary/aromatic N) is 6. The van der Waals surface area contributed by atoms with E-state index in [4.69, 9.17) is 14.6 Å². The number of hydrogen-bond acceptors (Lipinski definition) is 8. The highest BCUT2D eigenvalue weighted by atomic mass is 16.6. The van der Waals surface area contributed by atoms with E-state index in [0.717, 1.165) is 43.9 Å². The van der Waals surface area contributed by atoms with Gasteiger partial charge in [0.15, 0.2) is 0 Å². The molecule has 9 heteroatoms. The molecule has 3 aromatic carbocycles. The van der Waals surface area contributed by atoms with E-state index in [2.05, 4.69) is 50.4 Å². The Labute approximate surface area is 233 Å². The normalized spacial score (nSPS) is 16.8. The van der Waals surface area contributed by atoms with E-state index in [1.807, 2.05) is 29.2 Å². The van der Waals surface area contributed by atoms with Crippen molar-refractivity contribution < 1.29 is 14.2 Å². The molecule has 2 fully saturated rings. The minimum Gasteiger partial charge on any atom is -0.372 e. The van der Waals surface area contributed by atoms with Gasteiger partial charge in [0, 0.05) is 57.1 Å². The zero-order valence-electron chi connectivity index (χ0n) is 22.4. The number of carbonyl (C=O) groups excluding carboxylic acids is 1. The molecule has 0 N–H and O–H groups in total. The van der Waals surface area contributed by atoms with Gasteiger partial charge in [-0.25, -0.2) is 4.63 Å². The number of amides is 1. The summed E-state index contributed by atoms with van der Waals surface area (Å²) in [5.41, 5.74) is 5.91. The summed E-state index contributed by atoms with van der Waals surface area (Å²) in [6, 6.07) is 23.7. The average molecular weight is 537 g/mol. The van der Waals surface area contributed by atoms with E-state index in [1.165, 1.54) is 18.5 Å². The van der Waals surface area contributed by atoms with E-state index in [0.29, 0.717) is 41.9 Å². The number of anilines is 1. The van der Waals surface area contributed by atoms with Gasteiger partial charge in [-0.15, -0.1) is 0 Å². The predicted octanol–water partition coefficient (Wildman–Crippen LogP) is 4.41. The Hall–Kier alpha value is -4.26. The fourth-order valence-electron chi connectivity index (χ4n) is 5.49. The second-order valence-electron chi connectivity index (χ2n) is 10.5. The summed E-state index contributed by atoms with van der Waals surface area (Å²) in [7, 11) is 0. The van der Waals surface area contributed by atoms with Crippen LogP contribution in [0.1, 0.15) is 46.0 Å². The van der Waals surface area contributed by atoms with Gasteiger partial charge in [0.1, 0.15) is 11.0 Å². The van der Waals surface area contributed by atoms with E-state index >= 15 is 0 Å². The number of nitriles is 1. The molecule has 2 aliphatic rings. The van der Waals surface area contributed by atoms with E-state index in [-0.39, 0.29) is 12.0 Å². The molecule has 0 radical (unpaired) electrons. The van der Waals surface area contributed by atoms with Crippen LogP contribution in [0.4, 0.5) is 5.69 Å². The smallest absolute Gasteiger partial charge is 0.254 e. The number of benzene rings is 3. The minimum absolute atomic E-state index is 0.00326. The lowest BCUT2D eigenvalue weighted by Crippen LogP contribution is -2.49. The Balaban J connectivity index is 1.13. The second kappa shape index (κ2) is 11.9. The van der Waals surface area contributed by atoms with Crippen molar-refractivity contribution in [2.75, 3.05) is 50.7 Å². The summed E-state index contributed by atoms with van der Waals surface area (Å²) in [6.45, 7) is 6.20. The maximum atomic E-state index is 13.2. The van der Waals surface area contributed by atoms with Gasteiger partial charge in [0.2, 0.25) is 0 Å². The van der Waals surface area contributed by atoms with Gasteiger partial charge in [0.25, 0.3) is 5.91 Å². The van der Waals surface area contributed by atoms with Crippen LogP contribution in [0.2, 0.25) is 0 Å². The molecule has 1 amide bonds.